The Hall–Kier alpha value is -3.61. The molecule has 1 fully saturated rings. The first-order chi connectivity index (χ1) is 16.6. The molecular weight excluding hydrogens is 465 g/mol. The number of carbonyl (C=O) groups is 1. The zero-order chi connectivity index (χ0) is 25.0. The SMILES string of the molecule is CC(NC(=O)N1CC[C@]2(C1)OCCn1nc(-c3cnc(N)c(C(F)(F)F)c3)cc12)c1cnn(C)c1. The van der Waals surface area contributed by atoms with Crippen LogP contribution in [0.2, 0.25) is 0 Å². The zero-order valence-electron chi connectivity index (χ0n) is 19.2. The van der Waals surface area contributed by atoms with Crippen molar-refractivity contribution >= 4 is 11.8 Å². The molecule has 0 aromatic carbocycles. The second kappa shape index (κ2) is 8.26. The van der Waals surface area contributed by atoms with Crippen LogP contribution in [-0.4, -0.2) is 55.2 Å². The summed E-state index contributed by atoms with van der Waals surface area (Å²) >= 11 is 0. The van der Waals surface area contributed by atoms with Crippen LogP contribution in [0.15, 0.2) is 30.7 Å². The molecule has 13 heteroatoms. The number of nitrogens with one attached hydrogen (secondary N) is 1. The molecule has 35 heavy (non-hydrogen) atoms. The molecule has 1 spiro atoms. The number of aryl methyl sites for hydroxylation is 1. The normalized spacial score (nSPS) is 20.8. The number of likely N-dealkylation sites (tertiary alicyclic amines) is 1. The molecule has 3 N–H and O–H groups in total. The van der Waals surface area contributed by atoms with E-state index >= 15 is 0 Å². The molecule has 0 radical (unpaired) electrons. The molecule has 10 nitrogen and oxygen atoms in total. The smallest absolute Gasteiger partial charge is 0.383 e. The van der Waals surface area contributed by atoms with Crippen molar-refractivity contribution in [1.82, 2.24) is 34.8 Å². The van der Waals surface area contributed by atoms with Gasteiger partial charge in [0, 0.05) is 43.5 Å². The minimum absolute atomic E-state index is 0.210. The Bertz CT molecular complexity index is 1270. The van der Waals surface area contributed by atoms with E-state index in [1.54, 1.807) is 26.5 Å². The number of nitrogens with zero attached hydrogens (tertiary/aromatic N) is 6. The first-order valence-corrected chi connectivity index (χ1v) is 11.1. The molecule has 2 aliphatic heterocycles. The number of ether oxygens (including phenoxy) is 1. The summed E-state index contributed by atoms with van der Waals surface area (Å²) in [7, 11) is 1.81. The number of carbonyl (C=O) groups excluding carboxylic acids is 1. The highest BCUT2D eigenvalue weighted by atomic mass is 19.4. The molecule has 0 bridgehead atoms. The van der Waals surface area contributed by atoms with Crippen molar-refractivity contribution < 1.29 is 22.7 Å². The van der Waals surface area contributed by atoms with Crippen LogP contribution in [-0.2, 0) is 30.1 Å². The third kappa shape index (κ3) is 4.20. The molecule has 5 heterocycles. The summed E-state index contributed by atoms with van der Waals surface area (Å²) in [4.78, 5) is 18.3. The lowest BCUT2D eigenvalue weighted by atomic mass is 9.96. The van der Waals surface area contributed by atoms with Gasteiger partial charge in [0.05, 0.1) is 48.9 Å². The third-order valence-electron chi connectivity index (χ3n) is 6.53. The summed E-state index contributed by atoms with van der Waals surface area (Å²) in [6.45, 7) is 3.49. The number of urea groups is 1. The average Bonchev–Trinajstić information content (AvgIpc) is 3.53. The number of fused-ring (bicyclic) bond motifs is 2. The monoisotopic (exact) mass is 490 g/mol. The molecule has 0 saturated carbocycles. The summed E-state index contributed by atoms with van der Waals surface area (Å²) in [6.07, 6.45) is 0.748. The summed E-state index contributed by atoms with van der Waals surface area (Å²) < 4.78 is 49.5. The van der Waals surface area contributed by atoms with Crippen molar-refractivity contribution in [3.8, 4) is 11.3 Å². The first kappa shape index (κ1) is 23.1. The van der Waals surface area contributed by atoms with Crippen molar-refractivity contribution in [3.05, 3.63) is 47.5 Å². The fourth-order valence-electron chi connectivity index (χ4n) is 4.64. The van der Waals surface area contributed by atoms with E-state index in [-0.39, 0.29) is 17.6 Å². The van der Waals surface area contributed by atoms with Gasteiger partial charge in [-0.1, -0.05) is 0 Å². The van der Waals surface area contributed by atoms with Gasteiger partial charge in [-0.15, -0.1) is 0 Å². The minimum atomic E-state index is -4.62. The van der Waals surface area contributed by atoms with Crippen LogP contribution in [0.4, 0.5) is 23.8 Å². The molecule has 3 aromatic rings. The predicted octanol–water partition coefficient (Wildman–Crippen LogP) is 2.68. The van der Waals surface area contributed by atoms with Gasteiger partial charge in [-0.05, 0) is 19.1 Å². The van der Waals surface area contributed by atoms with Crippen LogP contribution in [0.5, 0.6) is 0 Å². The van der Waals surface area contributed by atoms with E-state index in [4.69, 9.17) is 10.5 Å². The van der Waals surface area contributed by atoms with Gasteiger partial charge in [0.1, 0.15) is 11.4 Å². The minimum Gasteiger partial charge on any atom is -0.383 e. The molecular formula is C22H25F3N8O2. The molecule has 3 aromatic heterocycles. The van der Waals surface area contributed by atoms with Gasteiger partial charge in [0.15, 0.2) is 0 Å². The first-order valence-electron chi connectivity index (χ1n) is 11.1. The summed E-state index contributed by atoms with van der Waals surface area (Å²) in [5, 5.41) is 11.6. The van der Waals surface area contributed by atoms with Gasteiger partial charge in [0.25, 0.3) is 0 Å². The van der Waals surface area contributed by atoms with Crippen LogP contribution in [0.25, 0.3) is 11.3 Å². The molecule has 1 saturated heterocycles. The Morgan fingerprint density at radius 3 is 2.80 bits per heavy atom. The summed E-state index contributed by atoms with van der Waals surface area (Å²) in [6, 6.07) is 2.22. The fourth-order valence-corrected chi connectivity index (χ4v) is 4.64. The lowest BCUT2D eigenvalue weighted by Gasteiger charge is -2.34. The van der Waals surface area contributed by atoms with Crippen LogP contribution in [0.3, 0.4) is 0 Å². The maximum atomic E-state index is 13.3. The lowest BCUT2D eigenvalue weighted by molar-refractivity contribution is -0.137. The number of hydrogen-bond donors (Lipinski definition) is 2. The summed E-state index contributed by atoms with van der Waals surface area (Å²) in [5.74, 6) is -0.581. The van der Waals surface area contributed by atoms with Gasteiger partial charge < -0.3 is 20.7 Å². The Labute approximate surface area is 198 Å². The standard InChI is InChI=1S/C22H25F3N8O2/c1-13(15-10-28-31(2)11-15)29-20(34)32-4-3-21(12-32)18-8-17(30-33(18)5-6-35-21)14-7-16(22(23,24)25)19(26)27-9-14/h7-11,13H,3-6,12H2,1-2H3,(H2,26,27)(H,29,34)/t13?,21-/m1/s1. The van der Waals surface area contributed by atoms with Crippen molar-refractivity contribution in [2.75, 3.05) is 25.4 Å². The molecule has 5 rings (SSSR count). The highest BCUT2D eigenvalue weighted by Crippen LogP contribution is 2.41. The second-order valence-electron chi connectivity index (χ2n) is 8.93. The van der Waals surface area contributed by atoms with Crippen molar-refractivity contribution in [2.45, 2.75) is 37.7 Å². The largest absolute Gasteiger partial charge is 0.419 e. The van der Waals surface area contributed by atoms with Gasteiger partial charge in [-0.3, -0.25) is 9.36 Å². The molecule has 186 valence electrons. The number of amides is 2. The molecule has 0 aliphatic carbocycles. The molecule has 2 amide bonds. The van der Waals surface area contributed by atoms with E-state index in [0.29, 0.717) is 38.4 Å². The van der Waals surface area contributed by atoms with E-state index in [2.05, 4.69) is 20.5 Å². The van der Waals surface area contributed by atoms with E-state index in [1.807, 2.05) is 20.2 Å². The number of aromatic nitrogens is 5. The highest BCUT2D eigenvalue weighted by molar-refractivity contribution is 5.75. The van der Waals surface area contributed by atoms with Gasteiger partial charge >= 0.3 is 12.2 Å². The average molecular weight is 490 g/mol. The molecule has 2 atom stereocenters. The number of hydrogen-bond acceptors (Lipinski definition) is 6. The van der Waals surface area contributed by atoms with E-state index < -0.39 is 23.2 Å². The predicted molar refractivity (Wildman–Crippen MR) is 119 cm³/mol. The molecule has 2 aliphatic rings. The van der Waals surface area contributed by atoms with E-state index in [0.717, 1.165) is 17.3 Å². The number of halogens is 3. The number of nitrogens with two attached hydrogens (primary N) is 1. The maximum Gasteiger partial charge on any atom is 0.419 e. The van der Waals surface area contributed by atoms with Gasteiger partial charge in [-0.2, -0.15) is 23.4 Å². The van der Waals surface area contributed by atoms with Crippen LogP contribution in [0.1, 0.15) is 36.2 Å². The highest BCUT2D eigenvalue weighted by Gasteiger charge is 2.47. The second-order valence-corrected chi connectivity index (χ2v) is 8.93. The molecule has 1 unspecified atom stereocenters. The van der Waals surface area contributed by atoms with Gasteiger partial charge in [-0.25, -0.2) is 9.78 Å². The number of nitrogen functional groups attached to an aromatic ring is 1. The van der Waals surface area contributed by atoms with Crippen molar-refractivity contribution in [2.24, 2.45) is 7.05 Å². The maximum absolute atomic E-state index is 13.3. The fraction of sp³-hybridized carbons (Fsp3) is 0.455. The number of rotatable bonds is 3. The Morgan fingerprint density at radius 2 is 2.09 bits per heavy atom. The van der Waals surface area contributed by atoms with Crippen LogP contribution >= 0.6 is 0 Å². The topological polar surface area (TPSA) is 116 Å². The number of alkyl halides is 3. The van der Waals surface area contributed by atoms with Crippen LogP contribution in [0, 0.1) is 0 Å². The Kier molecular flexibility index (Phi) is 5.46. The quantitative estimate of drug-likeness (QED) is 0.583. The number of pyridine rings is 1. The van der Waals surface area contributed by atoms with Gasteiger partial charge in [0.2, 0.25) is 0 Å². The van der Waals surface area contributed by atoms with E-state index in [9.17, 15) is 18.0 Å². The van der Waals surface area contributed by atoms with Crippen LogP contribution < -0.4 is 11.1 Å². The Morgan fingerprint density at radius 1 is 1.29 bits per heavy atom. The summed E-state index contributed by atoms with van der Waals surface area (Å²) in [5.41, 5.74) is 5.82. The van der Waals surface area contributed by atoms with Crippen molar-refractivity contribution in [1.29, 1.82) is 0 Å². The lowest BCUT2D eigenvalue weighted by Crippen LogP contribution is -2.44. The van der Waals surface area contributed by atoms with E-state index in [1.165, 1.54) is 6.20 Å². The third-order valence-corrected chi connectivity index (χ3v) is 6.53. The zero-order valence-corrected chi connectivity index (χ0v) is 19.2. The number of anilines is 1. The van der Waals surface area contributed by atoms with Crippen molar-refractivity contribution in [3.63, 3.8) is 0 Å². The Balaban J connectivity index is 1.37.